The monoisotopic (exact) mass is 294 g/mol. The highest BCUT2D eigenvalue weighted by Crippen LogP contribution is 2.13. The van der Waals surface area contributed by atoms with E-state index in [2.05, 4.69) is 5.32 Å². The Hall–Kier alpha value is -2.12. The lowest BCUT2D eigenvalue weighted by molar-refractivity contribution is 0.0950. The first-order chi connectivity index (χ1) is 9.48. The number of benzene rings is 1. The highest BCUT2D eigenvalue weighted by Gasteiger charge is 2.18. The summed E-state index contributed by atoms with van der Waals surface area (Å²) < 4.78 is 27.9. The normalized spacial score (nSPS) is 11.2. The number of nitrogens with one attached hydrogen (secondary N) is 1. The molecule has 0 aliphatic rings. The SMILES string of the molecule is NS(=O)(=O)c1ccccc1C(=O)NCCc1ccco1. The van der Waals surface area contributed by atoms with Crippen molar-refractivity contribution in [2.24, 2.45) is 5.14 Å². The Labute approximate surface area is 116 Å². The zero-order chi connectivity index (χ0) is 14.6. The van der Waals surface area contributed by atoms with Gasteiger partial charge in [-0.3, -0.25) is 4.79 Å². The van der Waals surface area contributed by atoms with Crippen LogP contribution in [0.15, 0.2) is 52.0 Å². The van der Waals surface area contributed by atoms with E-state index in [0.29, 0.717) is 13.0 Å². The second kappa shape index (κ2) is 5.89. The largest absolute Gasteiger partial charge is 0.469 e. The van der Waals surface area contributed by atoms with E-state index in [1.165, 1.54) is 18.2 Å². The lowest BCUT2D eigenvalue weighted by Crippen LogP contribution is -2.28. The smallest absolute Gasteiger partial charge is 0.252 e. The molecule has 20 heavy (non-hydrogen) atoms. The summed E-state index contributed by atoms with van der Waals surface area (Å²) >= 11 is 0. The fourth-order valence-corrected chi connectivity index (χ4v) is 2.49. The van der Waals surface area contributed by atoms with Gasteiger partial charge in [-0.05, 0) is 24.3 Å². The van der Waals surface area contributed by atoms with Gasteiger partial charge in [-0.25, -0.2) is 13.6 Å². The van der Waals surface area contributed by atoms with Crippen LogP contribution in [0.3, 0.4) is 0 Å². The molecule has 0 aliphatic carbocycles. The van der Waals surface area contributed by atoms with Crippen LogP contribution in [-0.2, 0) is 16.4 Å². The summed E-state index contributed by atoms with van der Waals surface area (Å²) in [6.45, 7) is 0.339. The lowest BCUT2D eigenvalue weighted by Gasteiger charge is -2.08. The second-order valence-corrected chi connectivity index (χ2v) is 5.66. The average Bonchev–Trinajstić information content (AvgIpc) is 2.91. The fraction of sp³-hybridized carbons (Fsp3) is 0.154. The molecule has 2 aromatic rings. The van der Waals surface area contributed by atoms with Gasteiger partial charge >= 0.3 is 0 Å². The molecule has 0 saturated heterocycles. The predicted octanol–water partition coefficient (Wildman–Crippen LogP) is 0.899. The van der Waals surface area contributed by atoms with Gasteiger partial charge in [0.05, 0.1) is 16.7 Å². The molecule has 0 unspecified atom stereocenters. The molecule has 1 aromatic heterocycles. The predicted molar refractivity (Wildman–Crippen MR) is 72.6 cm³/mol. The number of sulfonamides is 1. The van der Waals surface area contributed by atoms with Gasteiger partial charge in [-0.2, -0.15) is 0 Å². The first kappa shape index (κ1) is 14.3. The Morgan fingerprint density at radius 2 is 1.95 bits per heavy atom. The Morgan fingerprint density at radius 1 is 1.20 bits per heavy atom. The van der Waals surface area contributed by atoms with Gasteiger partial charge in [0.1, 0.15) is 5.76 Å². The molecule has 3 N–H and O–H groups in total. The highest BCUT2D eigenvalue weighted by molar-refractivity contribution is 7.89. The van der Waals surface area contributed by atoms with Gasteiger partial charge in [0, 0.05) is 13.0 Å². The van der Waals surface area contributed by atoms with Crippen LogP contribution in [-0.4, -0.2) is 20.9 Å². The average molecular weight is 294 g/mol. The number of carbonyl (C=O) groups excluding carboxylic acids is 1. The van der Waals surface area contributed by atoms with E-state index >= 15 is 0 Å². The number of nitrogens with two attached hydrogens (primary N) is 1. The van der Waals surface area contributed by atoms with Crippen molar-refractivity contribution in [2.45, 2.75) is 11.3 Å². The summed E-state index contributed by atoms with van der Waals surface area (Å²) in [5, 5.41) is 7.71. The van der Waals surface area contributed by atoms with Crippen molar-refractivity contribution in [2.75, 3.05) is 6.54 Å². The molecule has 0 bridgehead atoms. The number of hydrogen-bond acceptors (Lipinski definition) is 4. The topological polar surface area (TPSA) is 102 Å². The minimum absolute atomic E-state index is 0.0365. The first-order valence-corrected chi connectivity index (χ1v) is 7.45. The highest BCUT2D eigenvalue weighted by atomic mass is 32.2. The number of hydrogen-bond donors (Lipinski definition) is 2. The minimum Gasteiger partial charge on any atom is -0.469 e. The lowest BCUT2D eigenvalue weighted by atomic mass is 10.2. The van der Waals surface area contributed by atoms with Crippen LogP contribution < -0.4 is 10.5 Å². The van der Waals surface area contributed by atoms with Crippen LogP contribution in [0, 0.1) is 0 Å². The molecule has 7 heteroatoms. The molecule has 0 saturated carbocycles. The van der Waals surface area contributed by atoms with Crippen molar-refractivity contribution in [3.05, 3.63) is 54.0 Å². The van der Waals surface area contributed by atoms with E-state index in [1.807, 2.05) is 0 Å². The quantitative estimate of drug-likeness (QED) is 0.855. The number of primary sulfonamides is 1. The molecule has 0 spiro atoms. The van der Waals surface area contributed by atoms with Gasteiger partial charge in [0.2, 0.25) is 10.0 Å². The second-order valence-electron chi connectivity index (χ2n) is 4.13. The summed E-state index contributed by atoms with van der Waals surface area (Å²) in [4.78, 5) is 11.8. The van der Waals surface area contributed by atoms with Crippen molar-refractivity contribution in [1.29, 1.82) is 0 Å². The maximum atomic E-state index is 12.0. The van der Waals surface area contributed by atoms with Crippen molar-refractivity contribution >= 4 is 15.9 Å². The van der Waals surface area contributed by atoms with Crippen LogP contribution in [0.2, 0.25) is 0 Å². The van der Waals surface area contributed by atoms with E-state index in [4.69, 9.17) is 9.56 Å². The molecular formula is C13H14N2O4S. The van der Waals surface area contributed by atoms with E-state index in [9.17, 15) is 13.2 Å². The number of rotatable bonds is 5. The Kier molecular flexibility index (Phi) is 4.21. The van der Waals surface area contributed by atoms with Crippen molar-refractivity contribution in [3.63, 3.8) is 0 Å². The summed E-state index contributed by atoms with van der Waals surface area (Å²) in [7, 11) is -3.93. The maximum Gasteiger partial charge on any atom is 0.252 e. The summed E-state index contributed by atoms with van der Waals surface area (Å²) in [6, 6.07) is 9.37. The van der Waals surface area contributed by atoms with Gasteiger partial charge in [0.25, 0.3) is 5.91 Å². The Balaban J connectivity index is 2.06. The molecule has 6 nitrogen and oxygen atoms in total. The zero-order valence-electron chi connectivity index (χ0n) is 10.6. The Bertz CT molecular complexity index is 693. The molecular weight excluding hydrogens is 280 g/mol. The molecule has 0 atom stereocenters. The van der Waals surface area contributed by atoms with Gasteiger partial charge in [-0.1, -0.05) is 12.1 Å². The third-order valence-corrected chi connectivity index (χ3v) is 3.64. The van der Waals surface area contributed by atoms with Crippen LogP contribution in [0.4, 0.5) is 0 Å². The summed E-state index contributed by atoms with van der Waals surface area (Å²) in [6.07, 6.45) is 2.07. The molecule has 106 valence electrons. The van der Waals surface area contributed by atoms with Crippen molar-refractivity contribution < 1.29 is 17.6 Å². The number of furan rings is 1. The van der Waals surface area contributed by atoms with Crippen LogP contribution in [0.25, 0.3) is 0 Å². The van der Waals surface area contributed by atoms with Crippen LogP contribution >= 0.6 is 0 Å². The molecule has 0 radical (unpaired) electrons. The van der Waals surface area contributed by atoms with Gasteiger partial charge in [0.15, 0.2) is 0 Å². The molecule has 1 amide bonds. The molecule has 2 rings (SSSR count). The summed E-state index contributed by atoms with van der Waals surface area (Å²) in [5.74, 6) is 0.256. The van der Waals surface area contributed by atoms with E-state index in [1.54, 1.807) is 24.5 Å². The maximum absolute atomic E-state index is 12.0. The van der Waals surface area contributed by atoms with Crippen LogP contribution in [0.5, 0.6) is 0 Å². The van der Waals surface area contributed by atoms with E-state index < -0.39 is 15.9 Å². The van der Waals surface area contributed by atoms with E-state index in [0.717, 1.165) is 5.76 Å². The third kappa shape index (κ3) is 3.46. The molecule has 0 aliphatic heterocycles. The fourth-order valence-electron chi connectivity index (χ4n) is 1.75. The molecule has 1 heterocycles. The zero-order valence-corrected chi connectivity index (χ0v) is 11.4. The first-order valence-electron chi connectivity index (χ1n) is 5.91. The minimum atomic E-state index is -3.93. The number of amides is 1. The number of carbonyl (C=O) groups is 1. The van der Waals surface area contributed by atoms with E-state index in [-0.39, 0.29) is 10.5 Å². The molecule has 1 aromatic carbocycles. The summed E-state index contributed by atoms with van der Waals surface area (Å²) in [5.41, 5.74) is 0.0365. The van der Waals surface area contributed by atoms with Crippen molar-refractivity contribution in [3.8, 4) is 0 Å². The third-order valence-electron chi connectivity index (χ3n) is 2.68. The molecule has 0 fully saturated rings. The standard InChI is InChI=1S/C13H14N2O4S/c14-20(17,18)12-6-2-1-5-11(12)13(16)15-8-7-10-4-3-9-19-10/h1-6,9H,7-8H2,(H,15,16)(H2,14,17,18). The van der Waals surface area contributed by atoms with Crippen LogP contribution in [0.1, 0.15) is 16.1 Å². The Morgan fingerprint density at radius 3 is 2.60 bits per heavy atom. The van der Waals surface area contributed by atoms with Gasteiger partial charge in [-0.15, -0.1) is 0 Å². The van der Waals surface area contributed by atoms with Gasteiger partial charge < -0.3 is 9.73 Å². The van der Waals surface area contributed by atoms with Crippen molar-refractivity contribution in [1.82, 2.24) is 5.32 Å².